The topological polar surface area (TPSA) is 78.5 Å². The highest BCUT2D eigenvalue weighted by atomic mass is 16.2. The van der Waals surface area contributed by atoms with Crippen LogP contribution < -0.4 is 10.6 Å². The normalized spacial score (nSPS) is 19.3. The first-order chi connectivity index (χ1) is 12.6. The number of nitrogens with one attached hydrogen (secondary N) is 2. The molecule has 0 aromatic heterocycles. The van der Waals surface area contributed by atoms with E-state index in [1.54, 1.807) is 12.1 Å². The number of carbonyl (C=O) groups excluding carboxylic acids is 3. The van der Waals surface area contributed by atoms with Crippen molar-refractivity contribution in [1.29, 1.82) is 0 Å². The number of amides is 4. The van der Waals surface area contributed by atoms with Crippen LogP contribution in [0.2, 0.25) is 0 Å². The predicted octanol–water partition coefficient (Wildman–Crippen LogP) is 2.16. The van der Waals surface area contributed by atoms with E-state index in [-0.39, 0.29) is 12.5 Å². The summed E-state index contributed by atoms with van der Waals surface area (Å²) in [5, 5.41) is 5.51. The van der Waals surface area contributed by atoms with Crippen molar-refractivity contribution in [2.75, 3.05) is 6.54 Å². The fraction of sp³-hybridized carbons (Fsp3) is 0.250. The Balaban J connectivity index is 1.70. The van der Waals surface area contributed by atoms with Gasteiger partial charge in [-0.05, 0) is 17.5 Å². The van der Waals surface area contributed by atoms with Crippen molar-refractivity contribution in [3.63, 3.8) is 0 Å². The van der Waals surface area contributed by atoms with Gasteiger partial charge in [-0.1, -0.05) is 67.6 Å². The molecule has 4 amide bonds. The largest absolute Gasteiger partial charge is 0.350 e. The Labute approximate surface area is 152 Å². The molecule has 0 spiro atoms. The number of nitrogens with zero attached hydrogens (tertiary/aromatic N) is 1. The van der Waals surface area contributed by atoms with Gasteiger partial charge < -0.3 is 10.6 Å². The average Bonchev–Trinajstić information content (AvgIpc) is 2.93. The quantitative estimate of drug-likeness (QED) is 0.783. The van der Waals surface area contributed by atoms with E-state index in [2.05, 4.69) is 10.6 Å². The molecule has 0 unspecified atom stereocenters. The molecule has 2 aromatic carbocycles. The summed E-state index contributed by atoms with van der Waals surface area (Å²) in [5.41, 5.74) is 0.552. The lowest BCUT2D eigenvalue weighted by molar-refractivity contribution is -0.135. The molecule has 1 saturated heterocycles. The summed E-state index contributed by atoms with van der Waals surface area (Å²) in [5.74, 6) is -0.775. The molecule has 0 radical (unpaired) electrons. The number of benzene rings is 2. The molecule has 3 rings (SSSR count). The highest BCUT2D eigenvalue weighted by Gasteiger charge is 2.51. The van der Waals surface area contributed by atoms with Crippen molar-refractivity contribution in [3.05, 3.63) is 71.8 Å². The molecular weight excluding hydrogens is 330 g/mol. The number of rotatable bonds is 6. The fourth-order valence-electron chi connectivity index (χ4n) is 3.13. The maximum atomic E-state index is 12.9. The first kappa shape index (κ1) is 17.7. The van der Waals surface area contributed by atoms with Crippen LogP contribution in [0.4, 0.5) is 4.79 Å². The number of hydrogen-bond acceptors (Lipinski definition) is 3. The molecule has 6 heteroatoms. The molecule has 2 N–H and O–H groups in total. The Hall–Kier alpha value is -3.15. The number of hydrogen-bond donors (Lipinski definition) is 2. The zero-order valence-electron chi connectivity index (χ0n) is 14.6. The second-order valence-electron chi connectivity index (χ2n) is 6.21. The van der Waals surface area contributed by atoms with E-state index in [9.17, 15) is 14.4 Å². The third-order valence-corrected chi connectivity index (χ3v) is 4.61. The fourth-order valence-corrected chi connectivity index (χ4v) is 3.13. The molecule has 1 aliphatic heterocycles. The van der Waals surface area contributed by atoms with Gasteiger partial charge in [0.15, 0.2) is 0 Å². The number of carbonyl (C=O) groups is 3. The Kier molecular flexibility index (Phi) is 5.02. The zero-order valence-corrected chi connectivity index (χ0v) is 14.6. The summed E-state index contributed by atoms with van der Waals surface area (Å²) >= 11 is 0. The highest BCUT2D eigenvalue weighted by molar-refractivity contribution is 6.09. The first-order valence-electron chi connectivity index (χ1n) is 8.57. The van der Waals surface area contributed by atoms with Crippen molar-refractivity contribution in [1.82, 2.24) is 15.5 Å². The van der Waals surface area contributed by atoms with Crippen molar-refractivity contribution in [3.8, 4) is 0 Å². The maximum absolute atomic E-state index is 12.9. The summed E-state index contributed by atoms with van der Waals surface area (Å²) in [6, 6.07) is 18.0. The van der Waals surface area contributed by atoms with E-state index in [1.807, 2.05) is 55.5 Å². The lowest BCUT2D eigenvalue weighted by atomic mass is 9.87. The van der Waals surface area contributed by atoms with Gasteiger partial charge in [0.2, 0.25) is 5.91 Å². The van der Waals surface area contributed by atoms with Crippen molar-refractivity contribution in [2.45, 2.75) is 25.4 Å². The van der Waals surface area contributed by atoms with E-state index < -0.39 is 17.5 Å². The summed E-state index contributed by atoms with van der Waals surface area (Å²) in [4.78, 5) is 38.5. The van der Waals surface area contributed by atoms with Gasteiger partial charge in [-0.3, -0.25) is 14.5 Å². The van der Waals surface area contributed by atoms with E-state index >= 15 is 0 Å². The van der Waals surface area contributed by atoms with Crippen LogP contribution in [0.5, 0.6) is 0 Å². The summed E-state index contributed by atoms with van der Waals surface area (Å²) in [6.45, 7) is 1.89. The molecule has 1 atom stereocenters. The highest BCUT2D eigenvalue weighted by Crippen LogP contribution is 2.32. The molecule has 2 aromatic rings. The molecule has 1 heterocycles. The lowest BCUT2D eigenvalue weighted by Crippen LogP contribution is -2.44. The van der Waals surface area contributed by atoms with Crippen LogP contribution in [-0.2, 0) is 21.7 Å². The molecule has 0 saturated carbocycles. The molecule has 1 fully saturated rings. The first-order valence-corrected chi connectivity index (χ1v) is 8.57. The van der Waals surface area contributed by atoms with Crippen LogP contribution in [0, 0.1) is 0 Å². The SMILES string of the molecule is CC[C@]1(c2ccccc2)NC(=O)N(CC(=O)NCc2ccccc2)C1=O. The second-order valence-corrected chi connectivity index (χ2v) is 6.21. The van der Waals surface area contributed by atoms with E-state index in [0.29, 0.717) is 18.5 Å². The van der Waals surface area contributed by atoms with Crippen LogP contribution in [0.15, 0.2) is 60.7 Å². The Bertz CT molecular complexity index is 808. The number of imide groups is 1. The number of urea groups is 1. The van der Waals surface area contributed by atoms with E-state index in [1.165, 1.54) is 0 Å². The van der Waals surface area contributed by atoms with Crippen LogP contribution in [-0.4, -0.2) is 29.3 Å². The minimum atomic E-state index is -1.11. The van der Waals surface area contributed by atoms with Crippen LogP contribution in [0.25, 0.3) is 0 Å². The Morgan fingerprint density at radius 2 is 1.65 bits per heavy atom. The van der Waals surface area contributed by atoms with Gasteiger partial charge in [-0.15, -0.1) is 0 Å². The molecule has 134 valence electrons. The molecule has 26 heavy (non-hydrogen) atoms. The lowest BCUT2D eigenvalue weighted by Gasteiger charge is -2.25. The molecule has 6 nitrogen and oxygen atoms in total. The Morgan fingerprint density at radius 1 is 1.04 bits per heavy atom. The van der Waals surface area contributed by atoms with Crippen LogP contribution in [0.1, 0.15) is 24.5 Å². The summed E-state index contributed by atoms with van der Waals surface area (Å²) < 4.78 is 0. The van der Waals surface area contributed by atoms with Gasteiger partial charge >= 0.3 is 6.03 Å². The van der Waals surface area contributed by atoms with Gasteiger partial charge in [-0.25, -0.2) is 4.79 Å². The van der Waals surface area contributed by atoms with Crippen molar-refractivity contribution in [2.24, 2.45) is 0 Å². The third-order valence-electron chi connectivity index (χ3n) is 4.61. The smallest absolute Gasteiger partial charge is 0.325 e. The summed E-state index contributed by atoms with van der Waals surface area (Å²) in [7, 11) is 0. The predicted molar refractivity (Wildman–Crippen MR) is 96.9 cm³/mol. The average molecular weight is 351 g/mol. The van der Waals surface area contributed by atoms with Crippen molar-refractivity contribution < 1.29 is 14.4 Å². The minimum absolute atomic E-state index is 0.300. The molecule has 0 bridgehead atoms. The zero-order chi connectivity index (χ0) is 18.6. The van der Waals surface area contributed by atoms with Gasteiger partial charge in [-0.2, -0.15) is 0 Å². The molecular formula is C20H21N3O3. The van der Waals surface area contributed by atoms with Crippen LogP contribution >= 0.6 is 0 Å². The molecule has 0 aliphatic carbocycles. The standard InChI is InChI=1S/C20H21N3O3/c1-2-20(16-11-7-4-8-12-16)18(25)23(19(26)22-20)14-17(24)21-13-15-9-5-3-6-10-15/h3-12H,2,13-14H2,1H3,(H,21,24)(H,22,26)/t20-/m1/s1. The van der Waals surface area contributed by atoms with E-state index in [4.69, 9.17) is 0 Å². The van der Waals surface area contributed by atoms with Crippen molar-refractivity contribution >= 4 is 17.8 Å². The summed E-state index contributed by atoms with van der Waals surface area (Å²) in [6.07, 6.45) is 0.406. The minimum Gasteiger partial charge on any atom is -0.350 e. The maximum Gasteiger partial charge on any atom is 0.325 e. The second kappa shape index (κ2) is 7.39. The van der Waals surface area contributed by atoms with E-state index in [0.717, 1.165) is 10.5 Å². The van der Waals surface area contributed by atoms with Gasteiger partial charge in [0.25, 0.3) is 5.91 Å². The van der Waals surface area contributed by atoms with Crippen LogP contribution in [0.3, 0.4) is 0 Å². The molecule has 1 aliphatic rings. The monoisotopic (exact) mass is 351 g/mol. The van der Waals surface area contributed by atoms with Gasteiger partial charge in [0.05, 0.1) is 0 Å². The third kappa shape index (κ3) is 3.31. The van der Waals surface area contributed by atoms with Gasteiger partial charge in [0.1, 0.15) is 12.1 Å². The van der Waals surface area contributed by atoms with Gasteiger partial charge in [0, 0.05) is 6.54 Å². The Morgan fingerprint density at radius 3 is 2.27 bits per heavy atom.